The lowest BCUT2D eigenvalue weighted by atomic mass is 9.83. The van der Waals surface area contributed by atoms with Crippen molar-refractivity contribution in [1.29, 1.82) is 0 Å². The first-order chi connectivity index (χ1) is 13.5. The van der Waals surface area contributed by atoms with Gasteiger partial charge in [-0.1, -0.05) is 43.0 Å². The van der Waals surface area contributed by atoms with Crippen molar-refractivity contribution < 1.29 is 19.4 Å². The highest BCUT2D eigenvalue weighted by atomic mass is 35.5. The van der Waals surface area contributed by atoms with Crippen LogP contribution in [0.3, 0.4) is 0 Å². The van der Waals surface area contributed by atoms with E-state index in [1.54, 1.807) is 17.0 Å². The molecular weight excluding hydrogens is 398 g/mol. The maximum atomic E-state index is 12.8. The molecule has 0 spiro atoms. The number of carbonyl (C=O) groups is 2. The number of carboxylic acid groups (broad SMARTS) is 1. The predicted octanol–water partition coefficient (Wildman–Crippen LogP) is 5.08. The van der Waals surface area contributed by atoms with Crippen molar-refractivity contribution in [2.75, 3.05) is 18.1 Å². The Labute approximate surface area is 172 Å². The summed E-state index contributed by atoms with van der Waals surface area (Å²) in [5, 5.41) is 10.4. The lowest BCUT2D eigenvalue weighted by molar-refractivity contribution is -0.128. The van der Waals surface area contributed by atoms with E-state index in [9.17, 15) is 14.7 Å². The molecule has 1 atom stereocenters. The molecule has 1 N–H and O–H groups in total. The van der Waals surface area contributed by atoms with Gasteiger partial charge in [0.2, 0.25) is 0 Å². The minimum atomic E-state index is -1.01. The van der Waals surface area contributed by atoms with Crippen LogP contribution < -0.4 is 4.90 Å². The Balaban J connectivity index is 1.75. The van der Waals surface area contributed by atoms with E-state index >= 15 is 0 Å². The van der Waals surface area contributed by atoms with Crippen LogP contribution in [0, 0.1) is 5.92 Å². The summed E-state index contributed by atoms with van der Waals surface area (Å²) < 4.78 is 5.55. The van der Waals surface area contributed by atoms with Crippen LogP contribution in [0.15, 0.2) is 30.3 Å². The van der Waals surface area contributed by atoms with Crippen molar-refractivity contribution in [2.45, 2.75) is 38.1 Å². The molecule has 148 valence electrons. The molecule has 0 unspecified atom stereocenters. The number of rotatable bonds is 4. The van der Waals surface area contributed by atoms with Crippen molar-refractivity contribution in [3.8, 4) is 10.4 Å². The zero-order chi connectivity index (χ0) is 19.7. The normalized spacial score (nSPS) is 21.1. The number of amides is 1. The molecule has 2 fully saturated rings. The number of nitrogens with zero attached hydrogens (tertiary/aromatic N) is 1. The van der Waals surface area contributed by atoms with Crippen LogP contribution >= 0.6 is 22.9 Å². The lowest BCUT2D eigenvalue weighted by Gasteiger charge is -2.41. The zero-order valence-electron chi connectivity index (χ0n) is 15.4. The van der Waals surface area contributed by atoms with Gasteiger partial charge >= 0.3 is 5.97 Å². The molecule has 4 rings (SSSR count). The fourth-order valence-electron chi connectivity index (χ4n) is 4.24. The molecule has 7 heteroatoms. The van der Waals surface area contributed by atoms with Gasteiger partial charge in [0.1, 0.15) is 11.5 Å². The largest absolute Gasteiger partial charge is 0.477 e. The fourth-order valence-corrected chi connectivity index (χ4v) is 5.36. The summed E-state index contributed by atoms with van der Waals surface area (Å²) in [5.41, 5.74) is 1.38. The average molecular weight is 420 g/mol. The summed E-state index contributed by atoms with van der Waals surface area (Å²) >= 11 is 7.17. The van der Waals surface area contributed by atoms with Gasteiger partial charge in [0.15, 0.2) is 0 Å². The molecule has 5 nitrogen and oxygen atoms in total. The minimum absolute atomic E-state index is 0.00555. The Kier molecular flexibility index (Phi) is 5.71. The quantitative estimate of drug-likeness (QED) is 0.750. The van der Waals surface area contributed by atoms with E-state index in [0.29, 0.717) is 23.2 Å². The molecule has 0 bridgehead atoms. The third-order valence-corrected chi connectivity index (χ3v) is 7.02. The number of benzene rings is 1. The van der Waals surface area contributed by atoms with Gasteiger partial charge in [0, 0.05) is 9.90 Å². The maximum absolute atomic E-state index is 12.8. The van der Waals surface area contributed by atoms with E-state index < -0.39 is 5.97 Å². The van der Waals surface area contributed by atoms with E-state index in [1.807, 2.05) is 18.2 Å². The first kappa shape index (κ1) is 19.4. The second-order valence-electron chi connectivity index (χ2n) is 7.38. The van der Waals surface area contributed by atoms with E-state index in [2.05, 4.69) is 0 Å². The summed E-state index contributed by atoms with van der Waals surface area (Å²) in [6.07, 6.45) is 5.61. The highest BCUT2D eigenvalue weighted by Crippen LogP contribution is 2.41. The number of ether oxygens (including phenoxy) is 1. The molecule has 2 heterocycles. The third kappa shape index (κ3) is 3.81. The van der Waals surface area contributed by atoms with Crippen molar-refractivity contribution in [3.05, 3.63) is 40.2 Å². The number of aromatic carboxylic acids is 1. The number of hydrogen-bond acceptors (Lipinski definition) is 4. The number of carbonyl (C=O) groups excluding carboxylic acids is 1. The van der Waals surface area contributed by atoms with Crippen LogP contribution in [0.2, 0.25) is 5.02 Å². The summed E-state index contributed by atoms with van der Waals surface area (Å²) in [7, 11) is 0. The molecule has 1 aromatic carbocycles. The SMILES string of the molecule is O=C(O)c1sc(-c2ccc(Cl)cc2)cc1N1C(=O)COC[C@H]1C1CCCCC1. The van der Waals surface area contributed by atoms with Gasteiger partial charge in [0.25, 0.3) is 5.91 Å². The molecule has 1 saturated heterocycles. The summed E-state index contributed by atoms with van der Waals surface area (Å²) in [4.78, 5) is 27.5. The van der Waals surface area contributed by atoms with Crippen LogP contribution in [-0.2, 0) is 9.53 Å². The molecule has 1 aliphatic carbocycles. The fraction of sp³-hybridized carbons (Fsp3) is 0.429. The monoisotopic (exact) mass is 419 g/mol. The Morgan fingerprint density at radius 3 is 2.57 bits per heavy atom. The van der Waals surface area contributed by atoms with E-state index in [4.69, 9.17) is 16.3 Å². The highest BCUT2D eigenvalue weighted by Gasteiger charge is 2.38. The molecule has 1 saturated carbocycles. The first-order valence-electron chi connectivity index (χ1n) is 9.57. The smallest absolute Gasteiger partial charge is 0.348 e. The second-order valence-corrected chi connectivity index (χ2v) is 8.87. The van der Waals surface area contributed by atoms with Crippen LogP contribution in [0.25, 0.3) is 10.4 Å². The predicted molar refractivity (Wildman–Crippen MR) is 110 cm³/mol. The number of thiophene rings is 1. The first-order valence-corrected chi connectivity index (χ1v) is 10.8. The van der Waals surface area contributed by atoms with Crippen molar-refractivity contribution in [2.24, 2.45) is 5.92 Å². The van der Waals surface area contributed by atoms with Crippen LogP contribution in [-0.4, -0.2) is 36.2 Å². The van der Waals surface area contributed by atoms with Gasteiger partial charge in [-0.15, -0.1) is 11.3 Å². The highest BCUT2D eigenvalue weighted by molar-refractivity contribution is 7.18. The second kappa shape index (κ2) is 8.23. The molecule has 0 radical (unpaired) electrons. The van der Waals surface area contributed by atoms with Crippen LogP contribution in [0.5, 0.6) is 0 Å². The van der Waals surface area contributed by atoms with E-state index in [-0.39, 0.29) is 23.4 Å². The molecule has 1 aliphatic heterocycles. The molecule has 1 amide bonds. The summed E-state index contributed by atoms with van der Waals surface area (Å²) in [6, 6.07) is 9.01. The number of halogens is 1. The van der Waals surface area contributed by atoms with Crippen molar-refractivity contribution >= 4 is 40.5 Å². The molecule has 2 aliphatic rings. The van der Waals surface area contributed by atoms with Crippen LogP contribution in [0.1, 0.15) is 41.8 Å². The Morgan fingerprint density at radius 1 is 1.18 bits per heavy atom. The Morgan fingerprint density at radius 2 is 1.89 bits per heavy atom. The number of morpholine rings is 1. The Bertz CT molecular complexity index is 873. The lowest BCUT2D eigenvalue weighted by Crippen LogP contribution is -2.53. The molecule has 28 heavy (non-hydrogen) atoms. The van der Waals surface area contributed by atoms with Gasteiger partial charge in [0.05, 0.1) is 18.3 Å². The van der Waals surface area contributed by atoms with Gasteiger partial charge in [-0.25, -0.2) is 4.79 Å². The van der Waals surface area contributed by atoms with Gasteiger partial charge in [-0.3, -0.25) is 4.79 Å². The standard InChI is InChI=1S/C21H22ClNO4S/c22-15-8-6-14(7-9-15)18-10-16(20(28-18)21(25)26)23-17(11-27-12-19(23)24)13-4-2-1-3-5-13/h6-10,13,17H,1-5,11-12H2,(H,25,26)/t17-/m0/s1. The molecule has 1 aromatic heterocycles. The minimum Gasteiger partial charge on any atom is -0.477 e. The van der Waals surface area contributed by atoms with Gasteiger partial charge in [-0.2, -0.15) is 0 Å². The average Bonchev–Trinajstić information content (AvgIpc) is 3.14. The Hall–Kier alpha value is -1.89. The maximum Gasteiger partial charge on any atom is 0.348 e. The number of carboxylic acids is 1. The summed E-state index contributed by atoms with van der Waals surface area (Å²) in [6.45, 7) is 0.454. The number of hydrogen-bond donors (Lipinski definition) is 1. The van der Waals surface area contributed by atoms with Gasteiger partial charge < -0.3 is 14.7 Å². The number of anilines is 1. The van der Waals surface area contributed by atoms with Gasteiger partial charge in [-0.05, 0) is 42.5 Å². The topological polar surface area (TPSA) is 66.8 Å². The van der Waals surface area contributed by atoms with E-state index in [0.717, 1.165) is 36.1 Å². The summed E-state index contributed by atoms with van der Waals surface area (Å²) in [5.74, 6) is -0.829. The van der Waals surface area contributed by atoms with Crippen LogP contribution in [0.4, 0.5) is 5.69 Å². The molecule has 2 aromatic rings. The zero-order valence-corrected chi connectivity index (χ0v) is 17.0. The van der Waals surface area contributed by atoms with E-state index in [1.165, 1.54) is 17.8 Å². The van der Waals surface area contributed by atoms with Crippen molar-refractivity contribution in [3.63, 3.8) is 0 Å². The third-order valence-electron chi connectivity index (χ3n) is 5.60. The molecular formula is C21H22ClNO4S. The van der Waals surface area contributed by atoms with Crippen molar-refractivity contribution in [1.82, 2.24) is 0 Å².